The highest BCUT2D eigenvalue weighted by Gasteiger charge is 2.04. The summed E-state index contributed by atoms with van der Waals surface area (Å²) >= 11 is 5.72. The molecule has 0 aliphatic rings. The molecular formula is C13H18ClNO2. The van der Waals surface area contributed by atoms with E-state index >= 15 is 0 Å². The maximum atomic E-state index is 11.8. The Labute approximate surface area is 107 Å². The van der Waals surface area contributed by atoms with E-state index in [1.807, 2.05) is 25.1 Å². The standard InChI is InChI=1S/C13H18ClNO2/c1-2-17-8-4-7-15-13(16)12-6-3-5-11(9-12)10-14/h3,5-6,9H,2,4,7-8,10H2,1H3,(H,15,16). The molecule has 0 saturated heterocycles. The summed E-state index contributed by atoms with van der Waals surface area (Å²) < 4.78 is 5.19. The lowest BCUT2D eigenvalue weighted by molar-refractivity contribution is 0.0944. The number of rotatable bonds is 7. The largest absolute Gasteiger partial charge is 0.382 e. The maximum Gasteiger partial charge on any atom is 0.251 e. The highest BCUT2D eigenvalue weighted by molar-refractivity contribution is 6.17. The Hall–Kier alpha value is -1.06. The Bertz CT molecular complexity index is 355. The van der Waals surface area contributed by atoms with Crippen molar-refractivity contribution < 1.29 is 9.53 Å². The second kappa shape index (κ2) is 8.09. The van der Waals surface area contributed by atoms with Crippen molar-refractivity contribution in [1.82, 2.24) is 5.32 Å². The van der Waals surface area contributed by atoms with Gasteiger partial charge in [0.2, 0.25) is 0 Å². The van der Waals surface area contributed by atoms with Crippen LogP contribution < -0.4 is 5.32 Å². The molecule has 1 rings (SSSR count). The lowest BCUT2D eigenvalue weighted by Gasteiger charge is -2.06. The number of hydrogen-bond donors (Lipinski definition) is 1. The Morgan fingerprint density at radius 3 is 3.00 bits per heavy atom. The van der Waals surface area contributed by atoms with Gasteiger partial charge < -0.3 is 10.1 Å². The van der Waals surface area contributed by atoms with Gasteiger partial charge >= 0.3 is 0 Å². The van der Waals surface area contributed by atoms with Crippen LogP contribution >= 0.6 is 11.6 Å². The Kier molecular flexibility index (Phi) is 6.67. The van der Waals surface area contributed by atoms with Crippen LogP contribution in [0.3, 0.4) is 0 Å². The van der Waals surface area contributed by atoms with E-state index in [2.05, 4.69) is 5.32 Å². The minimum atomic E-state index is -0.0616. The molecule has 0 radical (unpaired) electrons. The molecule has 1 N–H and O–H groups in total. The average Bonchev–Trinajstić information content (AvgIpc) is 2.38. The lowest BCUT2D eigenvalue weighted by Crippen LogP contribution is -2.25. The summed E-state index contributed by atoms with van der Waals surface area (Å²) in [6.07, 6.45) is 0.828. The average molecular weight is 256 g/mol. The number of ether oxygens (including phenoxy) is 1. The lowest BCUT2D eigenvalue weighted by atomic mass is 10.1. The van der Waals surface area contributed by atoms with E-state index in [-0.39, 0.29) is 5.91 Å². The molecule has 1 aromatic rings. The summed E-state index contributed by atoms with van der Waals surface area (Å²) in [5, 5.41) is 2.85. The first-order valence-corrected chi connectivity index (χ1v) is 6.32. The van der Waals surface area contributed by atoms with Gasteiger partial charge in [-0.1, -0.05) is 12.1 Å². The van der Waals surface area contributed by atoms with Gasteiger partial charge in [-0.25, -0.2) is 0 Å². The Balaban J connectivity index is 2.36. The van der Waals surface area contributed by atoms with Crippen LogP contribution in [0.4, 0.5) is 0 Å². The van der Waals surface area contributed by atoms with Gasteiger partial charge in [0.05, 0.1) is 0 Å². The van der Waals surface area contributed by atoms with Crippen molar-refractivity contribution in [3.05, 3.63) is 35.4 Å². The summed E-state index contributed by atoms with van der Waals surface area (Å²) in [6.45, 7) is 3.98. The molecule has 0 spiro atoms. The predicted molar refractivity (Wildman–Crippen MR) is 69.4 cm³/mol. The summed E-state index contributed by atoms with van der Waals surface area (Å²) in [7, 11) is 0. The van der Waals surface area contributed by atoms with E-state index in [1.165, 1.54) is 0 Å². The monoisotopic (exact) mass is 255 g/mol. The van der Waals surface area contributed by atoms with Crippen molar-refractivity contribution in [3.63, 3.8) is 0 Å². The van der Waals surface area contributed by atoms with E-state index in [0.717, 1.165) is 12.0 Å². The number of nitrogens with one attached hydrogen (secondary N) is 1. The number of alkyl halides is 1. The second-order valence-corrected chi connectivity index (χ2v) is 3.91. The zero-order valence-corrected chi connectivity index (χ0v) is 10.8. The smallest absolute Gasteiger partial charge is 0.251 e. The third-order valence-corrected chi connectivity index (χ3v) is 2.61. The quantitative estimate of drug-likeness (QED) is 0.601. The predicted octanol–water partition coefficient (Wildman–Crippen LogP) is 2.58. The number of amides is 1. The topological polar surface area (TPSA) is 38.3 Å². The van der Waals surface area contributed by atoms with Crippen molar-refractivity contribution in [3.8, 4) is 0 Å². The van der Waals surface area contributed by atoms with Gasteiger partial charge in [-0.15, -0.1) is 11.6 Å². The fourth-order valence-corrected chi connectivity index (χ4v) is 1.58. The van der Waals surface area contributed by atoms with Gasteiger partial charge in [-0.05, 0) is 31.0 Å². The minimum Gasteiger partial charge on any atom is -0.382 e. The molecule has 17 heavy (non-hydrogen) atoms. The van der Waals surface area contributed by atoms with Crippen LogP contribution in [0.25, 0.3) is 0 Å². The van der Waals surface area contributed by atoms with E-state index in [4.69, 9.17) is 16.3 Å². The van der Waals surface area contributed by atoms with E-state index in [1.54, 1.807) is 6.07 Å². The normalized spacial score (nSPS) is 10.2. The maximum absolute atomic E-state index is 11.8. The third kappa shape index (κ3) is 5.20. The molecule has 4 heteroatoms. The number of carbonyl (C=O) groups excluding carboxylic acids is 1. The molecule has 94 valence electrons. The van der Waals surface area contributed by atoms with Crippen molar-refractivity contribution in [2.75, 3.05) is 19.8 Å². The molecule has 0 unspecified atom stereocenters. The molecule has 3 nitrogen and oxygen atoms in total. The van der Waals surface area contributed by atoms with E-state index in [0.29, 0.717) is 31.2 Å². The molecule has 0 aliphatic heterocycles. The highest BCUT2D eigenvalue weighted by atomic mass is 35.5. The van der Waals surface area contributed by atoms with Crippen LogP contribution in [0.5, 0.6) is 0 Å². The molecule has 0 bridgehead atoms. The number of benzene rings is 1. The fourth-order valence-electron chi connectivity index (χ4n) is 1.42. The van der Waals surface area contributed by atoms with Gasteiger partial charge in [0.25, 0.3) is 5.91 Å². The van der Waals surface area contributed by atoms with E-state index < -0.39 is 0 Å². The molecule has 0 aromatic heterocycles. The van der Waals surface area contributed by atoms with Crippen molar-refractivity contribution in [2.45, 2.75) is 19.2 Å². The summed E-state index contributed by atoms with van der Waals surface area (Å²) in [5.41, 5.74) is 1.60. The summed E-state index contributed by atoms with van der Waals surface area (Å²) in [4.78, 5) is 11.8. The van der Waals surface area contributed by atoms with Crippen molar-refractivity contribution in [2.24, 2.45) is 0 Å². The molecule has 0 atom stereocenters. The van der Waals surface area contributed by atoms with Gasteiger partial charge in [-0.2, -0.15) is 0 Å². The second-order valence-electron chi connectivity index (χ2n) is 3.64. The van der Waals surface area contributed by atoms with Gasteiger partial charge in [0, 0.05) is 31.2 Å². The minimum absolute atomic E-state index is 0.0616. The molecular weight excluding hydrogens is 238 g/mol. The van der Waals surface area contributed by atoms with E-state index in [9.17, 15) is 4.79 Å². The first-order chi connectivity index (χ1) is 8.27. The Morgan fingerprint density at radius 2 is 2.29 bits per heavy atom. The third-order valence-electron chi connectivity index (χ3n) is 2.30. The van der Waals surface area contributed by atoms with Crippen LogP contribution in [-0.4, -0.2) is 25.7 Å². The van der Waals surface area contributed by atoms with Gasteiger partial charge in [-0.3, -0.25) is 4.79 Å². The number of carbonyl (C=O) groups is 1. The van der Waals surface area contributed by atoms with Crippen LogP contribution in [0, 0.1) is 0 Å². The molecule has 0 fully saturated rings. The number of hydrogen-bond acceptors (Lipinski definition) is 2. The van der Waals surface area contributed by atoms with Crippen LogP contribution in [-0.2, 0) is 10.6 Å². The molecule has 1 amide bonds. The van der Waals surface area contributed by atoms with Crippen molar-refractivity contribution >= 4 is 17.5 Å². The first kappa shape index (κ1) is 14.0. The van der Waals surface area contributed by atoms with Gasteiger partial charge in [0.15, 0.2) is 0 Å². The van der Waals surface area contributed by atoms with Crippen molar-refractivity contribution in [1.29, 1.82) is 0 Å². The zero-order valence-electron chi connectivity index (χ0n) is 10.0. The zero-order chi connectivity index (χ0) is 12.5. The summed E-state index contributed by atoms with van der Waals surface area (Å²) in [6, 6.07) is 7.34. The fraction of sp³-hybridized carbons (Fsp3) is 0.462. The molecule has 0 saturated carbocycles. The van der Waals surface area contributed by atoms with Crippen LogP contribution in [0.2, 0.25) is 0 Å². The van der Waals surface area contributed by atoms with Crippen LogP contribution in [0.15, 0.2) is 24.3 Å². The molecule has 0 aliphatic carbocycles. The highest BCUT2D eigenvalue weighted by Crippen LogP contribution is 2.07. The SMILES string of the molecule is CCOCCCNC(=O)c1cccc(CCl)c1. The van der Waals surface area contributed by atoms with Crippen LogP contribution in [0.1, 0.15) is 29.3 Å². The molecule has 1 aromatic carbocycles. The Morgan fingerprint density at radius 1 is 1.47 bits per heavy atom. The number of halogens is 1. The summed E-state index contributed by atoms with van der Waals surface area (Å²) in [5.74, 6) is 0.360. The van der Waals surface area contributed by atoms with Gasteiger partial charge in [0.1, 0.15) is 0 Å². The first-order valence-electron chi connectivity index (χ1n) is 5.78. The molecule has 0 heterocycles.